The second-order valence-electron chi connectivity index (χ2n) is 7.39. The van der Waals surface area contributed by atoms with E-state index in [1.54, 1.807) is 0 Å². The van der Waals surface area contributed by atoms with Gasteiger partial charge in [-0.05, 0) is 35.4 Å². The predicted molar refractivity (Wildman–Crippen MR) is 109 cm³/mol. The lowest BCUT2D eigenvalue weighted by atomic mass is 9.87. The summed E-state index contributed by atoms with van der Waals surface area (Å²) in [7, 11) is 5.93. The average Bonchev–Trinajstić information content (AvgIpc) is 2.67. The van der Waals surface area contributed by atoms with E-state index in [1.807, 2.05) is 60.3 Å². The Bertz CT molecular complexity index is 902. The van der Waals surface area contributed by atoms with Crippen molar-refractivity contribution in [2.45, 2.75) is 6.04 Å². The Morgan fingerprint density at radius 3 is 2.19 bits per heavy atom. The minimum absolute atomic E-state index is 0.0334. The van der Waals surface area contributed by atoms with Gasteiger partial charge in [0.15, 0.2) is 0 Å². The highest BCUT2D eigenvalue weighted by atomic mass is 16.2. The molecule has 138 valence electrons. The van der Waals surface area contributed by atoms with Gasteiger partial charge in [0.2, 0.25) is 0 Å². The van der Waals surface area contributed by atoms with E-state index in [1.165, 1.54) is 11.1 Å². The van der Waals surface area contributed by atoms with Crippen LogP contribution in [0.1, 0.15) is 17.2 Å². The highest BCUT2D eigenvalue weighted by Gasteiger charge is 2.40. The molecule has 27 heavy (non-hydrogen) atoms. The largest absolute Gasteiger partial charge is 0.324 e. The maximum atomic E-state index is 13.0. The average molecular weight is 359 g/mol. The van der Waals surface area contributed by atoms with E-state index < -0.39 is 0 Å². The fourth-order valence-electron chi connectivity index (χ4n) is 4.24. The number of urea groups is 1. The molecule has 0 spiro atoms. The van der Waals surface area contributed by atoms with Crippen molar-refractivity contribution in [3.8, 4) is 0 Å². The third-order valence-corrected chi connectivity index (χ3v) is 5.39. The second-order valence-corrected chi connectivity index (χ2v) is 7.39. The van der Waals surface area contributed by atoms with Crippen molar-refractivity contribution in [3.05, 3.63) is 88.6 Å². The summed E-state index contributed by atoms with van der Waals surface area (Å²) in [6.07, 6.45) is 2.21. The van der Waals surface area contributed by atoms with Gasteiger partial charge in [-0.25, -0.2) is 4.79 Å². The molecule has 0 aliphatic carbocycles. The summed E-state index contributed by atoms with van der Waals surface area (Å²) < 4.78 is 0. The van der Waals surface area contributed by atoms with E-state index in [-0.39, 0.29) is 12.1 Å². The van der Waals surface area contributed by atoms with Gasteiger partial charge in [-0.3, -0.25) is 9.80 Å². The summed E-state index contributed by atoms with van der Waals surface area (Å²) in [6, 6.07) is 20.6. The maximum absolute atomic E-state index is 13.0. The molecular weight excluding hydrogens is 334 g/mol. The van der Waals surface area contributed by atoms with Crippen LogP contribution in [0.5, 0.6) is 0 Å². The standard InChI is InChI=1S/C23H25N3O/c1-24-15-19(14-17-10-6-4-7-11-17)22-20(16-24)21(18-12-8-5-9-13-18)25(2)23(27)26(22)3/h4-14,21H,15-16H2,1-3H3/b19-14+. The van der Waals surface area contributed by atoms with Crippen molar-refractivity contribution in [1.29, 1.82) is 0 Å². The van der Waals surface area contributed by atoms with Crippen LogP contribution >= 0.6 is 0 Å². The van der Waals surface area contributed by atoms with Crippen molar-refractivity contribution in [1.82, 2.24) is 14.7 Å². The van der Waals surface area contributed by atoms with Gasteiger partial charge in [-0.1, -0.05) is 60.7 Å². The molecule has 4 heteroatoms. The van der Waals surface area contributed by atoms with Gasteiger partial charge in [0.1, 0.15) is 0 Å². The number of amides is 2. The van der Waals surface area contributed by atoms with Gasteiger partial charge in [0, 0.05) is 27.2 Å². The van der Waals surface area contributed by atoms with E-state index in [0.29, 0.717) is 0 Å². The Balaban J connectivity index is 1.89. The lowest BCUT2D eigenvalue weighted by molar-refractivity contribution is 0.155. The number of nitrogens with zero attached hydrogens (tertiary/aromatic N) is 3. The first-order valence-corrected chi connectivity index (χ1v) is 9.29. The number of benzene rings is 2. The number of carbonyl (C=O) groups excluding carboxylic acids is 1. The van der Waals surface area contributed by atoms with Crippen LogP contribution in [0.25, 0.3) is 6.08 Å². The van der Waals surface area contributed by atoms with Crippen LogP contribution in [0.4, 0.5) is 4.79 Å². The third kappa shape index (κ3) is 3.17. The van der Waals surface area contributed by atoms with Crippen LogP contribution in [0.15, 0.2) is 77.5 Å². The number of carbonyl (C=O) groups is 1. The first kappa shape index (κ1) is 17.6. The van der Waals surface area contributed by atoms with Gasteiger partial charge >= 0.3 is 6.03 Å². The molecule has 0 saturated heterocycles. The van der Waals surface area contributed by atoms with Gasteiger partial charge in [0.05, 0.1) is 11.7 Å². The topological polar surface area (TPSA) is 26.8 Å². The summed E-state index contributed by atoms with van der Waals surface area (Å²) in [6.45, 7) is 1.68. The smallest absolute Gasteiger partial charge is 0.316 e. The summed E-state index contributed by atoms with van der Waals surface area (Å²) in [5.74, 6) is 0. The monoisotopic (exact) mass is 359 g/mol. The second kappa shape index (κ2) is 7.05. The molecule has 0 N–H and O–H groups in total. The summed E-state index contributed by atoms with van der Waals surface area (Å²) in [5.41, 5.74) is 5.86. The van der Waals surface area contributed by atoms with E-state index >= 15 is 0 Å². The quantitative estimate of drug-likeness (QED) is 0.810. The molecule has 4 nitrogen and oxygen atoms in total. The van der Waals surface area contributed by atoms with Crippen molar-refractivity contribution in [2.75, 3.05) is 34.2 Å². The highest BCUT2D eigenvalue weighted by molar-refractivity contribution is 5.82. The van der Waals surface area contributed by atoms with E-state index in [4.69, 9.17) is 0 Å². The molecule has 0 radical (unpaired) electrons. The van der Waals surface area contributed by atoms with Crippen LogP contribution < -0.4 is 0 Å². The van der Waals surface area contributed by atoms with E-state index in [9.17, 15) is 4.79 Å². The van der Waals surface area contributed by atoms with Gasteiger partial charge in [0.25, 0.3) is 0 Å². The molecule has 4 rings (SSSR count). The minimum atomic E-state index is -0.0353. The molecule has 2 amide bonds. The van der Waals surface area contributed by atoms with E-state index in [0.717, 1.165) is 29.9 Å². The molecule has 1 atom stereocenters. The van der Waals surface area contributed by atoms with Gasteiger partial charge in [-0.15, -0.1) is 0 Å². The van der Waals surface area contributed by atoms with Crippen molar-refractivity contribution in [3.63, 3.8) is 0 Å². The highest BCUT2D eigenvalue weighted by Crippen LogP contribution is 2.41. The molecule has 0 saturated carbocycles. The molecule has 0 bridgehead atoms. The Morgan fingerprint density at radius 2 is 1.52 bits per heavy atom. The molecule has 0 aromatic heterocycles. The fourth-order valence-corrected chi connectivity index (χ4v) is 4.24. The van der Waals surface area contributed by atoms with Crippen LogP contribution in [0.3, 0.4) is 0 Å². The molecule has 2 heterocycles. The van der Waals surface area contributed by atoms with Gasteiger partial charge in [-0.2, -0.15) is 0 Å². The Morgan fingerprint density at radius 1 is 0.889 bits per heavy atom. The lowest BCUT2D eigenvalue weighted by Gasteiger charge is -2.45. The SMILES string of the molecule is CN1CC2=C(/C(=C/c3ccccc3)C1)N(C)C(=O)N(C)C2c1ccccc1. The van der Waals surface area contributed by atoms with Crippen molar-refractivity contribution < 1.29 is 4.79 Å². The molecule has 2 aliphatic rings. The molecule has 1 unspecified atom stereocenters. The number of hydrogen-bond acceptors (Lipinski definition) is 2. The normalized spacial score (nSPS) is 22.4. The zero-order valence-corrected chi connectivity index (χ0v) is 16.1. The number of rotatable bonds is 2. The zero-order chi connectivity index (χ0) is 19.0. The Hall–Kier alpha value is -2.85. The minimum Gasteiger partial charge on any atom is -0.316 e. The van der Waals surface area contributed by atoms with Crippen LogP contribution in [0, 0.1) is 0 Å². The lowest BCUT2D eigenvalue weighted by Crippen LogP contribution is -2.50. The molecule has 2 aromatic carbocycles. The molecule has 2 aliphatic heterocycles. The Kier molecular flexibility index (Phi) is 4.58. The van der Waals surface area contributed by atoms with Gasteiger partial charge < -0.3 is 4.90 Å². The van der Waals surface area contributed by atoms with Crippen molar-refractivity contribution >= 4 is 12.1 Å². The number of likely N-dealkylation sites (N-methyl/N-ethyl adjacent to an activating group) is 3. The molecule has 0 fully saturated rings. The van der Waals surface area contributed by atoms with Crippen LogP contribution in [0.2, 0.25) is 0 Å². The molecular formula is C23H25N3O. The summed E-state index contributed by atoms with van der Waals surface area (Å²) in [4.78, 5) is 19.0. The van der Waals surface area contributed by atoms with Crippen LogP contribution in [-0.2, 0) is 0 Å². The summed E-state index contributed by atoms with van der Waals surface area (Å²) in [5, 5.41) is 0. The van der Waals surface area contributed by atoms with E-state index in [2.05, 4.69) is 42.3 Å². The summed E-state index contributed by atoms with van der Waals surface area (Å²) >= 11 is 0. The number of hydrogen-bond donors (Lipinski definition) is 0. The predicted octanol–water partition coefficient (Wildman–Crippen LogP) is 4.01. The first-order chi connectivity index (χ1) is 13.1. The third-order valence-electron chi connectivity index (χ3n) is 5.39. The fraction of sp³-hybridized carbons (Fsp3) is 0.261. The first-order valence-electron chi connectivity index (χ1n) is 9.29. The van der Waals surface area contributed by atoms with Crippen molar-refractivity contribution in [2.24, 2.45) is 0 Å². The zero-order valence-electron chi connectivity index (χ0n) is 16.1. The van der Waals surface area contributed by atoms with Crippen LogP contribution in [-0.4, -0.2) is 55.0 Å². The maximum Gasteiger partial charge on any atom is 0.324 e. The molecule has 2 aromatic rings. The Labute approximate surface area is 161 Å².